The first-order chi connectivity index (χ1) is 10.8. The summed E-state index contributed by atoms with van der Waals surface area (Å²) >= 11 is 3.55. The molecule has 0 bridgehead atoms. The first kappa shape index (κ1) is 13.5. The molecular weight excluding hydrogens is 338 g/mol. The largest absolute Gasteiger partial charge is 0.298 e. The SMILES string of the molecule is CCc1ccc(-n2cnc3cnc4ccc(Br)cc4c32)cc1. The topological polar surface area (TPSA) is 30.7 Å². The van der Waals surface area contributed by atoms with Gasteiger partial charge in [0.25, 0.3) is 0 Å². The number of nitrogens with zero attached hydrogens (tertiary/aromatic N) is 3. The highest BCUT2D eigenvalue weighted by Crippen LogP contribution is 2.28. The third-order valence-electron chi connectivity index (χ3n) is 3.96. The lowest BCUT2D eigenvalue weighted by atomic mass is 10.1. The maximum absolute atomic E-state index is 4.50. The highest BCUT2D eigenvalue weighted by atomic mass is 79.9. The number of aryl methyl sites for hydroxylation is 1. The molecule has 2 aromatic carbocycles. The van der Waals surface area contributed by atoms with Gasteiger partial charge in [0.1, 0.15) is 11.8 Å². The maximum atomic E-state index is 4.50. The van der Waals surface area contributed by atoms with Crippen LogP contribution in [0.3, 0.4) is 0 Å². The fourth-order valence-electron chi connectivity index (χ4n) is 2.75. The number of halogens is 1. The molecule has 2 heterocycles. The van der Waals surface area contributed by atoms with E-state index in [4.69, 9.17) is 0 Å². The third kappa shape index (κ3) is 2.11. The van der Waals surface area contributed by atoms with Crippen molar-refractivity contribution in [3.05, 3.63) is 65.0 Å². The smallest absolute Gasteiger partial charge is 0.108 e. The number of hydrogen-bond donors (Lipinski definition) is 0. The molecule has 0 fully saturated rings. The summed E-state index contributed by atoms with van der Waals surface area (Å²) in [5.74, 6) is 0. The second-order valence-electron chi connectivity index (χ2n) is 5.29. The van der Waals surface area contributed by atoms with Gasteiger partial charge in [0, 0.05) is 15.5 Å². The molecule has 0 unspecified atom stereocenters. The Bertz CT molecular complexity index is 971. The van der Waals surface area contributed by atoms with Crippen LogP contribution in [-0.4, -0.2) is 14.5 Å². The number of rotatable bonds is 2. The van der Waals surface area contributed by atoms with E-state index >= 15 is 0 Å². The summed E-state index contributed by atoms with van der Waals surface area (Å²) in [5.41, 5.74) is 5.43. The van der Waals surface area contributed by atoms with Crippen LogP contribution < -0.4 is 0 Å². The summed E-state index contributed by atoms with van der Waals surface area (Å²) < 4.78 is 3.17. The van der Waals surface area contributed by atoms with E-state index in [1.165, 1.54) is 5.56 Å². The Morgan fingerprint density at radius 3 is 2.59 bits per heavy atom. The Morgan fingerprint density at radius 2 is 1.82 bits per heavy atom. The summed E-state index contributed by atoms with van der Waals surface area (Å²) in [6.07, 6.45) is 4.75. The Morgan fingerprint density at radius 1 is 1.00 bits per heavy atom. The molecule has 0 saturated carbocycles. The maximum Gasteiger partial charge on any atom is 0.108 e. The number of pyridine rings is 1. The molecule has 0 N–H and O–H groups in total. The molecule has 4 aromatic rings. The molecule has 2 aromatic heterocycles. The Hall–Kier alpha value is -2.20. The molecule has 4 rings (SSSR count). The Labute approximate surface area is 136 Å². The first-order valence-corrected chi connectivity index (χ1v) is 8.06. The van der Waals surface area contributed by atoms with Crippen molar-refractivity contribution >= 4 is 37.9 Å². The minimum absolute atomic E-state index is 0.908. The minimum atomic E-state index is 0.908. The van der Waals surface area contributed by atoms with E-state index in [9.17, 15) is 0 Å². The summed E-state index contributed by atoms with van der Waals surface area (Å²) in [5, 5.41) is 1.10. The van der Waals surface area contributed by atoms with Crippen molar-refractivity contribution in [1.82, 2.24) is 14.5 Å². The summed E-state index contributed by atoms with van der Waals surface area (Å²) in [7, 11) is 0. The van der Waals surface area contributed by atoms with E-state index in [0.29, 0.717) is 0 Å². The number of benzene rings is 2. The molecule has 0 radical (unpaired) electrons. The van der Waals surface area contributed by atoms with Gasteiger partial charge in [-0.2, -0.15) is 0 Å². The summed E-state index contributed by atoms with van der Waals surface area (Å²) in [6.45, 7) is 2.17. The average Bonchev–Trinajstić information content (AvgIpc) is 2.99. The average molecular weight is 352 g/mol. The predicted molar refractivity (Wildman–Crippen MR) is 93.4 cm³/mol. The second kappa shape index (κ2) is 5.21. The van der Waals surface area contributed by atoms with Crippen LogP contribution in [0.4, 0.5) is 0 Å². The molecule has 0 saturated heterocycles. The van der Waals surface area contributed by atoms with Gasteiger partial charge >= 0.3 is 0 Å². The molecule has 0 atom stereocenters. The van der Waals surface area contributed by atoms with Crippen molar-refractivity contribution in [1.29, 1.82) is 0 Å². The van der Waals surface area contributed by atoms with E-state index in [2.05, 4.69) is 67.7 Å². The van der Waals surface area contributed by atoms with E-state index < -0.39 is 0 Å². The number of hydrogen-bond acceptors (Lipinski definition) is 2. The summed E-state index contributed by atoms with van der Waals surface area (Å²) in [4.78, 5) is 8.99. The van der Waals surface area contributed by atoms with Gasteiger partial charge in [0.2, 0.25) is 0 Å². The normalized spacial score (nSPS) is 11.4. The monoisotopic (exact) mass is 351 g/mol. The van der Waals surface area contributed by atoms with Crippen molar-refractivity contribution in [3.8, 4) is 5.69 Å². The highest BCUT2D eigenvalue weighted by Gasteiger charge is 2.10. The zero-order chi connectivity index (χ0) is 15.1. The fourth-order valence-corrected chi connectivity index (χ4v) is 3.11. The van der Waals surface area contributed by atoms with Crippen molar-refractivity contribution in [2.24, 2.45) is 0 Å². The van der Waals surface area contributed by atoms with Gasteiger partial charge in [-0.05, 0) is 42.3 Å². The lowest BCUT2D eigenvalue weighted by Gasteiger charge is -2.08. The number of imidazole rings is 1. The lowest BCUT2D eigenvalue weighted by molar-refractivity contribution is 1.08. The van der Waals surface area contributed by atoms with E-state index in [1.54, 1.807) is 0 Å². The van der Waals surface area contributed by atoms with Crippen molar-refractivity contribution in [2.75, 3.05) is 0 Å². The molecule has 0 aliphatic carbocycles. The van der Waals surface area contributed by atoms with Gasteiger partial charge < -0.3 is 0 Å². The lowest BCUT2D eigenvalue weighted by Crippen LogP contribution is -1.94. The van der Waals surface area contributed by atoms with Crippen LogP contribution in [0.15, 0.2) is 59.5 Å². The molecule has 4 heteroatoms. The van der Waals surface area contributed by atoms with Crippen molar-refractivity contribution in [2.45, 2.75) is 13.3 Å². The number of aromatic nitrogens is 3. The van der Waals surface area contributed by atoms with Crippen LogP contribution in [0.25, 0.3) is 27.6 Å². The van der Waals surface area contributed by atoms with E-state index in [0.717, 1.165) is 38.5 Å². The molecule has 0 spiro atoms. The van der Waals surface area contributed by atoms with Crippen LogP contribution in [0.1, 0.15) is 12.5 Å². The van der Waals surface area contributed by atoms with Gasteiger partial charge in [-0.1, -0.05) is 35.0 Å². The molecule has 0 aliphatic rings. The molecule has 22 heavy (non-hydrogen) atoms. The molecule has 0 aliphatic heterocycles. The van der Waals surface area contributed by atoms with Crippen molar-refractivity contribution < 1.29 is 0 Å². The quantitative estimate of drug-likeness (QED) is 0.514. The van der Waals surface area contributed by atoms with E-state index in [1.807, 2.05) is 24.7 Å². The molecule has 0 amide bonds. The number of fused-ring (bicyclic) bond motifs is 3. The van der Waals surface area contributed by atoms with Crippen LogP contribution in [0.5, 0.6) is 0 Å². The third-order valence-corrected chi connectivity index (χ3v) is 4.45. The fraction of sp³-hybridized carbons (Fsp3) is 0.111. The van der Waals surface area contributed by atoms with Gasteiger partial charge in [0.05, 0.1) is 17.2 Å². The minimum Gasteiger partial charge on any atom is -0.298 e. The highest BCUT2D eigenvalue weighted by molar-refractivity contribution is 9.10. The van der Waals surface area contributed by atoms with Gasteiger partial charge in [-0.3, -0.25) is 9.55 Å². The standard InChI is InChI=1S/C18H14BrN3/c1-2-12-3-6-14(7-4-12)22-11-21-17-10-20-16-8-5-13(19)9-15(16)18(17)22/h3-11H,2H2,1H3. The zero-order valence-electron chi connectivity index (χ0n) is 12.1. The van der Waals surface area contributed by atoms with Gasteiger partial charge in [-0.25, -0.2) is 4.98 Å². The zero-order valence-corrected chi connectivity index (χ0v) is 13.7. The molecule has 108 valence electrons. The second-order valence-corrected chi connectivity index (χ2v) is 6.20. The summed E-state index contributed by atoms with van der Waals surface area (Å²) in [6, 6.07) is 14.8. The van der Waals surface area contributed by atoms with Gasteiger partial charge in [-0.15, -0.1) is 0 Å². The van der Waals surface area contributed by atoms with Crippen molar-refractivity contribution in [3.63, 3.8) is 0 Å². The Balaban J connectivity index is 2.02. The molecule has 3 nitrogen and oxygen atoms in total. The molecular formula is C18H14BrN3. The Kier molecular flexibility index (Phi) is 3.19. The van der Waals surface area contributed by atoms with Gasteiger partial charge in [0.15, 0.2) is 0 Å². The predicted octanol–water partition coefficient (Wildman–Crippen LogP) is 4.90. The van der Waals surface area contributed by atoms with Crippen LogP contribution >= 0.6 is 15.9 Å². The van der Waals surface area contributed by atoms with Crippen LogP contribution in [0, 0.1) is 0 Å². The van der Waals surface area contributed by atoms with Crippen LogP contribution in [-0.2, 0) is 6.42 Å². The first-order valence-electron chi connectivity index (χ1n) is 7.27. The van der Waals surface area contributed by atoms with Crippen LogP contribution in [0.2, 0.25) is 0 Å². The van der Waals surface area contributed by atoms with E-state index in [-0.39, 0.29) is 0 Å².